The molecule has 0 aliphatic carbocycles. The van der Waals surface area contributed by atoms with Crippen LogP contribution in [0.4, 0.5) is 0 Å². The van der Waals surface area contributed by atoms with Gasteiger partial charge in [0.15, 0.2) is 0 Å². The van der Waals surface area contributed by atoms with E-state index in [-0.39, 0.29) is 11.8 Å². The lowest BCUT2D eigenvalue weighted by molar-refractivity contribution is -0.138. The SMILES string of the molecule is C[C@@H]1CCCN(C(=O)C2CCN(C(=O)c3cc4ccccc4n3C)CC2)C1. The highest BCUT2D eigenvalue weighted by Gasteiger charge is 2.32. The van der Waals surface area contributed by atoms with Gasteiger partial charge in [-0.3, -0.25) is 9.59 Å². The number of hydrogen-bond acceptors (Lipinski definition) is 2. The third-order valence-electron chi connectivity index (χ3n) is 6.27. The average molecular weight is 367 g/mol. The van der Waals surface area contributed by atoms with Crippen LogP contribution in [0, 0.1) is 11.8 Å². The van der Waals surface area contributed by atoms with E-state index in [1.54, 1.807) is 0 Å². The van der Waals surface area contributed by atoms with Crippen LogP contribution >= 0.6 is 0 Å². The molecule has 0 radical (unpaired) electrons. The van der Waals surface area contributed by atoms with E-state index in [1.807, 2.05) is 46.8 Å². The molecule has 2 amide bonds. The number of nitrogens with zero attached hydrogens (tertiary/aromatic N) is 3. The van der Waals surface area contributed by atoms with Gasteiger partial charge in [0, 0.05) is 50.0 Å². The first-order valence-corrected chi connectivity index (χ1v) is 10.2. The maximum atomic E-state index is 13.0. The number of benzene rings is 1. The van der Waals surface area contributed by atoms with Crippen LogP contribution in [0.1, 0.15) is 43.1 Å². The maximum Gasteiger partial charge on any atom is 0.270 e. The molecule has 4 rings (SSSR count). The molecular formula is C22H29N3O2. The van der Waals surface area contributed by atoms with E-state index < -0.39 is 0 Å². The molecule has 0 unspecified atom stereocenters. The fraction of sp³-hybridized carbons (Fsp3) is 0.545. The molecule has 1 aromatic heterocycles. The molecule has 1 atom stereocenters. The Labute approximate surface area is 160 Å². The number of carbonyl (C=O) groups is 2. The zero-order valence-corrected chi connectivity index (χ0v) is 16.4. The molecule has 5 nitrogen and oxygen atoms in total. The Morgan fingerprint density at radius 1 is 1.00 bits per heavy atom. The van der Waals surface area contributed by atoms with Crippen LogP contribution in [-0.4, -0.2) is 52.4 Å². The number of carbonyl (C=O) groups excluding carboxylic acids is 2. The summed E-state index contributed by atoms with van der Waals surface area (Å²) in [5.74, 6) is 1.06. The lowest BCUT2D eigenvalue weighted by atomic mass is 9.92. The molecule has 2 saturated heterocycles. The second-order valence-corrected chi connectivity index (χ2v) is 8.25. The van der Waals surface area contributed by atoms with E-state index in [1.165, 1.54) is 6.42 Å². The van der Waals surface area contributed by atoms with Crippen molar-refractivity contribution >= 4 is 22.7 Å². The number of para-hydroxylation sites is 1. The van der Waals surface area contributed by atoms with Gasteiger partial charge in [0.1, 0.15) is 5.69 Å². The summed E-state index contributed by atoms with van der Waals surface area (Å²) in [6, 6.07) is 10.0. The number of hydrogen-bond donors (Lipinski definition) is 0. The summed E-state index contributed by atoms with van der Waals surface area (Å²) in [6.45, 7) is 5.36. The number of amides is 2. The molecule has 27 heavy (non-hydrogen) atoms. The van der Waals surface area contributed by atoms with Crippen molar-refractivity contribution in [1.29, 1.82) is 0 Å². The van der Waals surface area contributed by atoms with Crippen molar-refractivity contribution in [2.24, 2.45) is 18.9 Å². The van der Waals surface area contributed by atoms with Crippen molar-refractivity contribution in [3.05, 3.63) is 36.0 Å². The van der Waals surface area contributed by atoms with Crippen molar-refractivity contribution in [1.82, 2.24) is 14.4 Å². The topological polar surface area (TPSA) is 45.6 Å². The standard InChI is InChI=1S/C22H29N3O2/c1-16-6-5-11-25(15-16)21(26)17-9-12-24(13-10-17)22(27)20-14-18-7-3-4-8-19(18)23(20)2/h3-4,7-8,14,16-17H,5-6,9-13,15H2,1-2H3/t16-/m1/s1. The first-order valence-electron chi connectivity index (χ1n) is 10.2. The summed E-state index contributed by atoms with van der Waals surface area (Å²) in [4.78, 5) is 29.8. The van der Waals surface area contributed by atoms with Crippen LogP contribution in [0.3, 0.4) is 0 Å². The van der Waals surface area contributed by atoms with E-state index in [2.05, 4.69) is 11.8 Å². The van der Waals surface area contributed by atoms with Crippen LogP contribution in [0.25, 0.3) is 10.9 Å². The zero-order valence-electron chi connectivity index (χ0n) is 16.4. The number of aryl methyl sites for hydroxylation is 1. The molecule has 144 valence electrons. The summed E-state index contributed by atoms with van der Waals surface area (Å²) in [5.41, 5.74) is 1.80. The predicted octanol–water partition coefficient (Wildman–Crippen LogP) is 3.29. The first-order chi connectivity index (χ1) is 13.0. The van der Waals surface area contributed by atoms with Gasteiger partial charge in [0.25, 0.3) is 5.91 Å². The van der Waals surface area contributed by atoms with Gasteiger partial charge in [0.05, 0.1) is 0 Å². The van der Waals surface area contributed by atoms with Crippen LogP contribution in [-0.2, 0) is 11.8 Å². The molecular weight excluding hydrogens is 338 g/mol. The second-order valence-electron chi connectivity index (χ2n) is 8.25. The molecule has 2 aliphatic heterocycles. The van der Waals surface area contributed by atoms with E-state index in [4.69, 9.17) is 0 Å². The Hall–Kier alpha value is -2.30. The molecule has 5 heteroatoms. The van der Waals surface area contributed by atoms with Gasteiger partial charge in [-0.1, -0.05) is 25.1 Å². The van der Waals surface area contributed by atoms with Crippen LogP contribution < -0.4 is 0 Å². The highest BCUT2D eigenvalue weighted by molar-refractivity contribution is 5.98. The minimum absolute atomic E-state index is 0.0752. The van der Waals surface area contributed by atoms with Gasteiger partial charge in [-0.2, -0.15) is 0 Å². The third kappa shape index (κ3) is 3.47. The van der Waals surface area contributed by atoms with E-state index in [0.717, 1.165) is 48.9 Å². The van der Waals surface area contributed by atoms with Gasteiger partial charge in [-0.25, -0.2) is 0 Å². The van der Waals surface area contributed by atoms with Crippen LogP contribution in [0.5, 0.6) is 0 Å². The third-order valence-corrected chi connectivity index (χ3v) is 6.27. The van der Waals surface area contributed by atoms with Gasteiger partial charge in [-0.05, 0) is 43.7 Å². The Morgan fingerprint density at radius 3 is 2.44 bits per heavy atom. The van der Waals surface area contributed by atoms with Crippen molar-refractivity contribution in [2.45, 2.75) is 32.6 Å². The van der Waals surface area contributed by atoms with Gasteiger partial charge in [-0.15, -0.1) is 0 Å². The Balaban J connectivity index is 1.40. The minimum atomic E-state index is 0.0752. The Morgan fingerprint density at radius 2 is 1.74 bits per heavy atom. The van der Waals surface area contributed by atoms with E-state index in [9.17, 15) is 9.59 Å². The molecule has 2 aliphatic rings. The van der Waals surface area contributed by atoms with Crippen molar-refractivity contribution in [3.8, 4) is 0 Å². The summed E-state index contributed by atoms with van der Waals surface area (Å²) < 4.78 is 1.98. The van der Waals surface area contributed by atoms with E-state index in [0.29, 0.717) is 24.9 Å². The fourth-order valence-corrected chi connectivity index (χ4v) is 4.63. The fourth-order valence-electron chi connectivity index (χ4n) is 4.63. The lowest BCUT2D eigenvalue weighted by Crippen LogP contribution is -2.47. The number of rotatable bonds is 2. The highest BCUT2D eigenvalue weighted by atomic mass is 16.2. The molecule has 0 N–H and O–H groups in total. The summed E-state index contributed by atoms with van der Waals surface area (Å²) in [6.07, 6.45) is 3.89. The van der Waals surface area contributed by atoms with Crippen LogP contribution in [0.15, 0.2) is 30.3 Å². The second kappa shape index (κ2) is 7.37. The molecule has 0 saturated carbocycles. The maximum absolute atomic E-state index is 13.0. The molecule has 2 fully saturated rings. The van der Waals surface area contributed by atoms with E-state index >= 15 is 0 Å². The molecule has 0 spiro atoms. The number of likely N-dealkylation sites (tertiary alicyclic amines) is 2. The first kappa shape index (κ1) is 18.1. The average Bonchev–Trinajstić information content (AvgIpc) is 3.04. The molecule has 3 heterocycles. The minimum Gasteiger partial charge on any atom is -0.342 e. The normalized spacial score (nSPS) is 21.6. The van der Waals surface area contributed by atoms with Gasteiger partial charge in [0.2, 0.25) is 5.91 Å². The van der Waals surface area contributed by atoms with Crippen molar-refractivity contribution < 1.29 is 9.59 Å². The van der Waals surface area contributed by atoms with Crippen LogP contribution in [0.2, 0.25) is 0 Å². The Bertz CT molecular complexity index is 848. The summed E-state index contributed by atoms with van der Waals surface area (Å²) >= 11 is 0. The molecule has 1 aromatic carbocycles. The number of fused-ring (bicyclic) bond motifs is 1. The highest BCUT2D eigenvalue weighted by Crippen LogP contribution is 2.26. The van der Waals surface area contributed by atoms with Gasteiger partial charge >= 0.3 is 0 Å². The summed E-state index contributed by atoms with van der Waals surface area (Å²) in [5, 5.41) is 1.09. The molecule has 0 bridgehead atoms. The quantitative estimate of drug-likeness (QED) is 0.818. The molecule has 2 aromatic rings. The zero-order chi connectivity index (χ0) is 19.0. The van der Waals surface area contributed by atoms with Crippen molar-refractivity contribution in [2.75, 3.05) is 26.2 Å². The predicted molar refractivity (Wildman–Crippen MR) is 107 cm³/mol. The Kier molecular flexibility index (Phi) is 4.94. The number of piperidine rings is 2. The summed E-state index contributed by atoms with van der Waals surface area (Å²) in [7, 11) is 1.95. The van der Waals surface area contributed by atoms with Gasteiger partial charge < -0.3 is 14.4 Å². The monoisotopic (exact) mass is 367 g/mol. The lowest BCUT2D eigenvalue weighted by Gasteiger charge is -2.37. The smallest absolute Gasteiger partial charge is 0.270 e. The van der Waals surface area contributed by atoms with Crippen molar-refractivity contribution in [3.63, 3.8) is 0 Å². The largest absolute Gasteiger partial charge is 0.342 e. The number of aromatic nitrogens is 1.